The summed E-state index contributed by atoms with van der Waals surface area (Å²) >= 11 is 0. The number of carbonyl (C=O) groups is 1. The molecule has 0 amide bonds. The SMILES string of the molecule is CCC(C)(CC1CCC2(CCCCC2)O1)C(=O)O. The summed E-state index contributed by atoms with van der Waals surface area (Å²) < 4.78 is 6.27. The highest BCUT2D eigenvalue weighted by atomic mass is 16.5. The van der Waals surface area contributed by atoms with Crippen LogP contribution in [-0.4, -0.2) is 22.8 Å². The molecule has 2 aliphatic rings. The lowest BCUT2D eigenvalue weighted by Gasteiger charge is -2.34. The third-order valence-corrected chi connectivity index (χ3v) is 5.08. The summed E-state index contributed by atoms with van der Waals surface area (Å²) in [6.45, 7) is 3.81. The molecule has 2 atom stereocenters. The van der Waals surface area contributed by atoms with Crippen LogP contribution in [0.5, 0.6) is 0 Å². The van der Waals surface area contributed by atoms with E-state index in [1.807, 2.05) is 13.8 Å². The minimum absolute atomic E-state index is 0.107. The van der Waals surface area contributed by atoms with E-state index >= 15 is 0 Å². The summed E-state index contributed by atoms with van der Waals surface area (Å²) in [4.78, 5) is 11.4. The monoisotopic (exact) mass is 254 g/mol. The zero-order chi connectivity index (χ0) is 13.2. The Balaban J connectivity index is 1.94. The Bertz CT molecular complexity index is 307. The smallest absolute Gasteiger partial charge is 0.309 e. The van der Waals surface area contributed by atoms with E-state index in [0.717, 1.165) is 12.8 Å². The molecule has 2 rings (SSSR count). The Morgan fingerprint density at radius 1 is 1.33 bits per heavy atom. The van der Waals surface area contributed by atoms with Crippen LogP contribution >= 0.6 is 0 Å². The lowest BCUT2D eigenvalue weighted by atomic mass is 9.80. The second kappa shape index (κ2) is 5.20. The van der Waals surface area contributed by atoms with E-state index in [0.29, 0.717) is 12.8 Å². The average molecular weight is 254 g/mol. The molecule has 3 nitrogen and oxygen atoms in total. The third kappa shape index (κ3) is 2.71. The van der Waals surface area contributed by atoms with Crippen molar-refractivity contribution in [3.05, 3.63) is 0 Å². The van der Waals surface area contributed by atoms with Gasteiger partial charge in [0.05, 0.1) is 17.1 Å². The molecule has 0 bridgehead atoms. The number of hydrogen-bond donors (Lipinski definition) is 1. The van der Waals surface area contributed by atoms with Crippen molar-refractivity contribution in [1.29, 1.82) is 0 Å². The molecule has 0 aromatic rings. The van der Waals surface area contributed by atoms with Gasteiger partial charge in [-0.15, -0.1) is 0 Å². The Morgan fingerprint density at radius 2 is 2.00 bits per heavy atom. The zero-order valence-electron chi connectivity index (χ0n) is 11.7. The minimum atomic E-state index is -0.682. The largest absolute Gasteiger partial charge is 0.481 e. The van der Waals surface area contributed by atoms with E-state index in [2.05, 4.69) is 0 Å². The van der Waals surface area contributed by atoms with Gasteiger partial charge in [0.25, 0.3) is 0 Å². The number of hydrogen-bond acceptors (Lipinski definition) is 2. The molecule has 104 valence electrons. The molecule has 1 spiro atoms. The fraction of sp³-hybridized carbons (Fsp3) is 0.933. The fourth-order valence-electron chi connectivity index (χ4n) is 3.49. The summed E-state index contributed by atoms with van der Waals surface area (Å²) in [5.41, 5.74) is -0.513. The van der Waals surface area contributed by atoms with E-state index in [1.54, 1.807) is 0 Å². The molecule has 3 heteroatoms. The predicted octanol–water partition coefficient (Wildman–Crippen LogP) is 3.76. The van der Waals surface area contributed by atoms with Gasteiger partial charge in [-0.3, -0.25) is 4.79 Å². The van der Waals surface area contributed by atoms with Crippen LogP contribution in [-0.2, 0) is 9.53 Å². The van der Waals surface area contributed by atoms with Crippen molar-refractivity contribution in [1.82, 2.24) is 0 Å². The zero-order valence-corrected chi connectivity index (χ0v) is 11.7. The van der Waals surface area contributed by atoms with Crippen LogP contribution in [0.15, 0.2) is 0 Å². The first-order chi connectivity index (χ1) is 8.50. The van der Waals surface area contributed by atoms with Gasteiger partial charge in [-0.1, -0.05) is 26.2 Å². The Kier molecular flexibility index (Phi) is 4.00. The molecule has 0 aromatic heterocycles. The van der Waals surface area contributed by atoms with Crippen molar-refractivity contribution in [3.8, 4) is 0 Å². The molecule has 18 heavy (non-hydrogen) atoms. The van der Waals surface area contributed by atoms with Crippen molar-refractivity contribution >= 4 is 5.97 Å². The van der Waals surface area contributed by atoms with Crippen LogP contribution in [0, 0.1) is 5.41 Å². The maximum absolute atomic E-state index is 11.4. The first-order valence-corrected chi connectivity index (χ1v) is 7.41. The number of aliphatic carboxylic acids is 1. The molecule has 0 aromatic carbocycles. The summed E-state index contributed by atoms with van der Waals surface area (Å²) in [5.74, 6) is -0.682. The molecule has 2 unspecified atom stereocenters. The highest BCUT2D eigenvalue weighted by Gasteiger charge is 2.44. The molecule has 0 radical (unpaired) electrons. The van der Waals surface area contributed by atoms with Gasteiger partial charge >= 0.3 is 5.97 Å². The van der Waals surface area contributed by atoms with E-state index < -0.39 is 11.4 Å². The number of carboxylic acids is 1. The maximum Gasteiger partial charge on any atom is 0.309 e. The van der Waals surface area contributed by atoms with Gasteiger partial charge in [0.1, 0.15) is 0 Å². The third-order valence-electron chi connectivity index (χ3n) is 5.08. The number of carboxylic acid groups (broad SMARTS) is 1. The van der Waals surface area contributed by atoms with Crippen molar-refractivity contribution in [2.24, 2.45) is 5.41 Å². The van der Waals surface area contributed by atoms with E-state index in [-0.39, 0.29) is 11.7 Å². The van der Waals surface area contributed by atoms with Crippen molar-refractivity contribution in [2.45, 2.75) is 83.3 Å². The molecule has 1 heterocycles. The highest BCUT2D eigenvalue weighted by Crippen LogP contribution is 2.45. The average Bonchev–Trinajstić information content (AvgIpc) is 2.72. The van der Waals surface area contributed by atoms with Crippen LogP contribution in [0.4, 0.5) is 0 Å². The topological polar surface area (TPSA) is 46.5 Å². The van der Waals surface area contributed by atoms with Crippen molar-refractivity contribution in [2.75, 3.05) is 0 Å². The molecule has 1 saturated carbocycles. The highest BCUT2D eigenvalue weighted by molar-refractivity contribution is 5.74. The van der Waals surface area contributed by atoms with E-state index in [9.17, 15) is 9.90 Å². The molecular formula is C15H26O3. The Morgan fingerprint density at radius 3 is 2.56 bits per heavy atom. The van der Waals surface area contributed by atoms with Gasteiger partial charge < -0.3 is 9.84 Å². The standard InChI is InChI=1S/C15H26O3/c1-3-14(2,13(16)17)11-12-7-10-15(18-12)8-5-4-6-9-15/h12H,3-11H2,1-2H3,(H,16,17). The number of ether oxygens (including phenoxy) is 1. The quantitative estimate of drug-likeness (QED) is 0.831. The molecule has 1 aliphatic carbocycles. The van der Waals surface area contributed by atoms with Crippen LogP contribution < -0.4 is 0 Å². The summed E-state index contributed by atoms with van der Waals surface area (Å²) in [5, 5.41) is 9.34. The summed E-state index contributed by atoms with van der Waals surface area (Å²) in [6.07, 6.45) is 9.92. The van der Waals surface area contributed by atoms with Gasteiger partial charge in [-0.05, 0) is 45.4 Å². The second-order valence-electron chi connectivity index (χ2n) is 6.45. The van der Waals surface area contributed by atoms with Gasteiger partial charge in [-0.2, -0.15) is 0 Å². The molecule has 1 N–H and O–H groups in total. The van der Waals surface area contributed by atoms with E-state index in [4.69, 9.17) is 4.74 Å². The molecule has 1 saturated heterocycles. The van der Waals surface area contributed by atoms with Crippen molar-refractivity contribution in [3.63, 3.8) is 0 Å². The lowest BCUT2D eigenvalue weighted by molar-refractivity contribution is -0.152. The summed E-state index contributed by atoms with van der Waals surface area (Å²) in [7, 11) is 0. The van der Waals surface area contributed by atoms with Crippen LogP contribution in [0.3, 0.4) is 0 Å². The first kappa shape index (κ1) is 13.9. The molecule has 1 aliphatic heterocycles. The normalized spacial score (nSPS) is 30.2. The van der Waals surface area contributed by atoms with Gasteiger partial charge in [-0.25, -0.2) is 0 Å². The van der Waals surface area contributed by atoms with Crippen LogP contribution in [0.1, 0.15) is 71.6 Å². The maximum atomic E-state index is 11.4. The lowest BCUT2D eigenvalue weighted by Crippen LogP contribution is -2.35. The van der Waals surface area contributed by atoms with Crippen molar-refractivity contribution < 1.29 is 14.6 Å². The number of rotatable bonds is 4. The minimum Gasteiger partial charge on any atom is -0.481 e. The fourth-order valence-corrected chi connectivity index (χ4v) is 3.49. The van der Waals surface area contributed by atoms with Crippen LogP contribution in [0.2, 0.25) is 0 Å². The molecular weight excluding hydrogens is 228 g/mol. The Hall–Kier alpha value is -0.570. The van der Waals surface area contributed by atoms with Gasteiger partial charge in [0, 0.05) is 0 Å². The Labute approximate surface area is 110 Å². The van der Waals surface area contributed by atoms with Gasteiger partial charge in [0.15, 0.2) is 0 Å². The first-order valence-electron chi connectivity index (χ1n) is 7.41. The van der Waals surface area contributed by atoms with Gasteiger partial charge in [0.2, 0.25) is 0 Å². The van der Waals surface area contributed by atoms with Crippen LogP contribution in [0.25, 0.3) is 0 Å². The second-order valence-corrected chi connectivity index (χ2v) is 6.45. The molecule has 2 fully saturated rings. The summed E-state index contributed by atoms with van der Waals surface area (Å²) in [6, 6.07) is 0. The predicted molar refractivity (Wildman–Crippen MR) is 70.6 cm³/mol. The van der Waals surface area contributed by atoms with E-state index in [1.165, 1.54) is 32.1 Å².